The van der Waals surface area contributed by atoms with Crippen LogP contribution < -0.4 is 0 Å². The number of hydrogen-bond donors (Lipinski definition) is 0. The molecule has 1 aromatic rings. The Kier molecular flexibility index (Phi) is 4.32. The molecule has 6 nitrogen and oxygen atoms in total. The van der Waals surface area contributed by atoms with Crippen LogP contribution in [0.5, 0.6) is 0 Å². The van der Waals surface area contributed by atoms with Gasteiger partial charge in [-0.15, -0.1) is 3.89 Å². The summed E-state index contributed by atoms with van der Waals surface area (Å²) >= 11 is 0. The van der Waals surface area contributed by atoms with Gasteiger partial charge in [0, 0.05) is 19.0 Å². The Hall–Kier alpha value is -1.50. The molecule has 0 aromatic heterocycles. The Morgan fingerprint density at radius 1 is 1.24 bits per heavy atom. The minimum Gasteiger partial charge on any atom is -0.207 e. The lowest BCUT2D eigenvalue weighted by Gasteiger charge is -2.20. The van der Waals surface area contributed by atoms with Crippen LogP contribution in [0.2, 0.25) is 0 Å². The van der Waals surface area contributed by atoms with E-state index in [0.29, 0.717) is 12.8 Å². The van der Waals surface area contributed by atoms with Crippen LogP contribution in [0, 0.1) is 11.3 Å². The molecule has 1 fully saturated rings. The van der Waals surface area contributed by atoms with E-state index in [-0.39, 0.29) is 23.9 Å². The zero-order valence-corrected chi connectivity index (χ0v) is 12.6. The summed E-state index contributed by atoms with van der Waals surface area (Å²) in [5.41, 5.74) is 0. The summed E-state index contributed by atoms with van der Waals surface area (Å²) in [5, 5.41) is 8.60. The smallest absolute Gasteiger partial charge is 0.207 e. The van der Waals surface area contributed by atoms with Crippen molar-refractivity contribution in [3.63, 3.8) is 0 Å². The number of sulfonamides is 1. The van der Waals surface area contributed by atoms with Crippen LogP contribution in [0.4, 0.5) is 3.89 Å². The van der Waals surface area contributed by atoms with Gasteiger partial charge < -0.3 is 0 Å². The maximum atomic E-state index is 13.0. The quantitative estimate of drug-likeness (QED) is 0.734. The van der Waals surface area contributed by atoms with Gasteiger partial charge in [-0.3, -0.25) is 0 Å². The number of nitriles is 1. The second-order valence-electron chi connectivity index (χ2n) is 4.67. The van der Waals surface area contributed by atoms with Crippen LogP contribution >= 0.6 is 0 Å². The third-order valence-corrected chi connectivity index (χ3v) is 5.86. The molecule has 0 radical (unpaired) electrons. The molecular formula is C12H13FN2O4S2. The van der Waals surface area contributed by atoms with Gasteiger partial charge in [0.25, 0.3) is 0 Å². The molecule has 0 atom stereocenters. The third kappa shape index (κ3) is 3.58. The van der Waals surface area contributed by atoms with Gasteiger partial charge in [-0.2, -0.15) is 18.0 Å². The van der Waals surface area contributed by atoms with Crippen LogP contribution in [0.25, 0.3) is 0 Å². The molecule has 9 heteroatoms. The van der Waals surface area contributed by atoms with E-state index in [1.165, 1.54) is 16.4 Å². The Morgan fingerprint density at radius 2 is 1.86 bits per heavy atom. The van der Waals surface area contributed by atoms with Gasteiger partial charge in [-0.25, -0.2) is 8.42 Å². The largest absolute Gasteiger partial charge is 0.332 e. The summed E-state index contributed by atoms with van der Waals surface area (Å²) in [4.78, 5) is -0.981. The highest BCUT2D eigenvalue weighted by atomic mass is 32.3. The zero-order chi connectivity index (χ0) is 15.7. The molecule has 0 amide bonds. The highest BCUT2D eigenvalue weighted by Crippen LogP contribution is 2.32. The third-order valence-electron chi connectivity index (χ3n) is 3.09. The normalized spacial score (nSPS) is 15.9. The molecule has 1 aromatic carbocycles. The minimum atomic E-state index is -4.97. The lowest BCUT2D eigenvalue weighted by molar-refractivity contribution is 0.410. The fourth-order valence-electron chi connectivity index (χ4n) is 1.94. The number of halogens is 1. The van der Waals surface area contributed by atoms with Crippen molar-refractivity contribution in [2.45, 2.75) is 35.1 Å². The van der Waals surface area contributed by atoms with E-state index in [9.17, 15) is 20.7 Å². The standard InChI is InChI=1S/C12H13FN2O4S2/c13-20(16,17)11-3-1-4-12(9-11)21(18,19)15(8-2-7-14)10-5-6-10/h1,3-4,9-10H,2,5-6,8H2. The van der Waals surface area contributed by atoms with E-state index in [1.54, 1.807) is 0 Å². The van der Waals surface area contributed by atoms with Crippen molar-refractivity contribution in [2.75, 3.05) is 6.54 Å². The molecule has 0 heterocycles. The number of rotatable bonds is 6. The van der Waals surface area contributed by atoms with E-state index in [1.807, 2.05) is 6.07 Å². The fraction of sp³-hybridized carbons (Fsp3) is 0.417. The summed E-state index contributed by atoms with van der Waals surface area (Å²) in [5.74, 6) is 0. The number of nitrogens with zero attached hydrogens (tertiary/aromatic N) is 2. The molecule has 0 saturated heterocycles. The van der Waals surface area contributed by atoms with E-state index >= 15 is 0 Å². The monoisotopic (exact) mass is 332 g/mol. The van der Waals surface area contributed by atoms with Gasteiger partial charge in [-0.1, -0.05) is 6.07 Å². The van der Waals surface area contributed by atoms with Gasteiger partial charge in [-0.05, 0) is 31.0 Å². The molecule has 1 aliphatic rings. The van der Waals surface area contributed by atoms with Crippen LogP contribution in [0.3, 0.4) is 0 Å². The molecule has 1 aliphatic carbocycles. The van der Waals surface area contributed by atoms with Crippen molar-refractivity contribution in [1.82, 2.24) is 4.31 Å². The lowest BCUT2D eigenvalue weighted by Crippen LogP contribution is -2.34. The van der Waals surface area contributed by atoms with E-state index in [4.69, 9.17) is 5.26 Å². The Bertz CT molecular complexity index is 780. The number of benzene rings is 1. The van der Waals surface area contributed by atoms with Crippen molar-refractivity contribution >= 4 is 20.2 Å². The van der Waals surface area contributed by atoms with Crippen LogP contribution in [-0.4, -0.2) is 33.7 Å². The molecule has 1 saturated carbocycles. The molecule has 0 unspecified atom stereocenters. The maximum Gasteiger partial charge on any atom is 0.332 e. The van der Waals surface area contributed by atoms with Crippen molar-refractivity contribution < 1.29 is 20.7 Å². The first-order chi connectivity index (χ1) is 9.76. The highest BCUT2D eigenvalue weighted by molar-refractivity contribution is 7.89. The molecule has 0 spiro atoms. The molecule has 0 bridgehead atoms. The minimum absolute atomic E-state index is 0.0378. The topological polar surface area (TPSA) is 95.3 Å². The second kappa shape index (κ2) is 5.71. The fourth-order valence-corrected chi connectivity index (χ4v) is 4.26. The zero-order valence-electron chi connectivity index (χ0n) is 10.9. The average molecular weight is 332 g/mol. The van der Waals surface area contributed by atoms with Crippen LogP contribution in [0.15, 0.2) is 34.1 Å². The van der Waals surface area contributed by atoms with Crippen molar-refractivity contribution in [3.05, 3.63) is 24.3 Å². The first-order valence-corrected chi connectivity index (χ1v) is 9.02. The molecule has 0 N–H and O–H groups in total. The maximum absolute atomic E-state index is 13.0. The van der Waals surface area contributed by atoms with E-state index in [2.05, 4.69) is 0 Å². The summed E-state index contributed by atoms with van der Waals surface area (Å²) in [6.07, 6.45) is 1.44. The van der Waals surface area contributed by atoms with Gasteiger partial charge in [0.15, 0.2) is 0 Å². The van der Waals surface area contributed by atoms with Crippen LogP contribution in [-0.2, 0) is 20.2 Å². The summed E-state index contributed by atoms with van der Waals surface area (Å²) in [6, 6.07) is 5.88. The molecule has 2 rings (SSSR count). The van der Waals surface area contributed by atoms with Gasteiger partial charge >= 0.3 is 10.2 Å². The van der Waals surface area contributed by atoms with E-state index in [0.717, 1.165) is 12.1 Å². The Morgan fingerprint density at radius 3 is 2.38 bits per heavy atom. The average Bonchev–Trinajstić information content (AvgIpc) is 3.23. The molecule has 114 valence electrons. The first-order valence-electron chi connectivity index (χ1n) is 6.20. The predicted octanol–water partition coefficient (Wildman–Crippen LogP) is 1.41. The Balaban J connectivity index is 2.41. The first kappa shape index (κ1) is 15.9. The summed E-state index contributed by atoms with van der Waals surface area (Å²) in [7, 11) is -8.91. The van der Waals surface area contributed by atoms with Gasteiger partial charge in [0.2, 0.25) is 10.0 Å². The van der Waals surface area contributed by atoms with Crippen molar-refractivity contribution in [2.24, 2.45) is 0 Å². The Labute approximate surface area is 123 Å². The molecule has 21 heavy (non-hydrogen) atoms. The second-order valence-corrected chi connectivity index (χ2v) is 7.91. The lowest BCUT2D eigenvalue weighted by atomic mass is 10.4. The number of hydrogen-bond acceptors (Lipinski definition) is 5. The van der Waals surface area contributed by atoms with E-state index < -0.39 is 25.1 Å². The molecule has 0 aliphatic heterocycles. The van der Waals surface area contributed by atoms with Gasteiger partial charge in [0.05, 0.1) is 15.9 Å². The molecular weight excluding hydrogens is 319 g/mol. The summed E-state index contributed by atoms with van der Waals surface area (Å²) < 4.78 is 60.9. The van der Waals surface area contributed by atoms with Crippen molar-refractivity contribution in [3.8, 4) is 6.07 Å². The summed E-state index contributed by atoms with van der Waals surface area (Å²) in [6.45, 7) is 0.0378. The van der Waals surface area contributed by atoms with Gasteiger partial charge in [0.1, 0.15) is 0 Å². The highest BCUT2D eigenvalue weighted by Gasteiger charge is 2.38. The van der Waals surface area contributed by atoms with Crippen LogP contribution in [0.1, 0.15) is 19.3 Å². The predicted molar refractivity (Wildman–Crippen MR) is 71.9 cm³/mol. The SMILES string of the molecule is N#CCCN(C1CC1)S(=O)(=O)c1cccc(S(=O)(=O)F)c1. The van der Waals surface area contributed by atoms with Crippen molar-refractivity contribution in [1.29, 1.82) is 5.26 Å².